The Labute approximate surface area is 124 Å². The monoisotopic (exact) mass is 287 g/mol. The largest absolute Gasteiger partial charge is 0.381 e. The minimum absolute atomic E-state index is 0.454. The van der Waals surface area contributed by atoms with E-state index in [1.807, 2.05) is 18.4 Å². The Kier molecular flexibility index (Phi) is 4.51. The number of ether oxygens (including phenoxy) is 1. The first-order chi connectivity index (χ1) is 9.85. The summed E-state index contributed by atoms with van der Waals surface area (Å²) < 4.78 is 5.42. The van der Waals surface area contributed by atoms with Crippen molar-refractivity contribution in [3.05, 3.63) is 47.3 Å². The van der Waals surface area contributed by atoms with E-state index < -0.39 is 0 Å². The van der Waals surface area contributed by atoms with Gasteiger partial charge in [-0.1, -0.05) is 30.3 Å². The van der Waals surface area contributed by atoms with Gasteiger partial charge >= 0.3 is 0 Å². The predicted octanol–water partition coefficient (Wildman–Crippen LogP) is 4.07. The van der Waals surface area contributed by atoms with Crippen LogP contribution in [0.3, 0.4) is 0 Å². The molecule has 2 unspecified atom stereocenters. The van der Waals surface area contributed by atoms with Gasteiger partial charge in [-0.05, 0) is 37.0 Å². The Morgan fingerprint density at radius 3 is 2.75 bits per heavy atom. The molecule has 1 aliphatic carbocycles. The minimum atomic E-state index is 0.454. The molecule has 20 heavy (non-hydrogen) atoms. The molecule has 3 rings (SSSR count). The average Bonchev–Trinajstić information content (AvgIpc) is 3.15. The van der Waals surface area contributed by atoms with Crippen molar-refractivity contribution in [2.45, 2.75) is 38.0 Å². The second-order valence-corrected chi connectivity index (χ2v) is 6.55. The number of benzene rings is 1. The van der Waals surface area contributed by atoms with Crippen LogP contribution in [0, 0.1) is 0 Å². The molecule has 1 saturated carbocycles. The van der Waals surface area contributed by atoms with E-state index in [1.54, 1.807) is 0 Å². The standard InChI is InChI=1S/C17H21NOS/c1-19-15-8-7-14(11-15)18-12-16-9-10-17(20-16)13-5-3-2-4-6-13/h2-6,9-10,14-15,18H,7-8,11-12H2,1H3. The second-order valence-electron chi connectivity index (χ2n) is 5.38. The third kappa shape index (κ3) is 3.29. The van der Waals surface area contributed by atoms with Gasteiger partial charge in [0.1, 0.15) is 0 Å². The molecular formula is C17H21NOS. The molecule has 3 heteroatoms. The molecule has 0 radical (unpaired) electrons. The van der Waals surface area contributed by atoms with E-state index in [2.05, 4.69) is 47.8 Å². The van der Waals surface area contributed by atoms with E-state index in [-0.39, 0.29) is 0 Å². The molecule has 0 amide bonds. The molecule has 0 saturated heterocycles. The highest BCUT2D eigenvalue weighted by atomic mass is 32.1. The van der Waals surface area contributed by atoms with Gasteiger partial charge in [0.25, 0.3) is 0 Å². The Morgan fingerprint density at radius 2 is 2.00 bits per heavy atom. The van der Waals surface area contributed by atoms with E-state index in [0.29, 0.717) is 12.1 Å². The summed E-state index contributed by atoms with van der Waals surface area (Å²) in [6, 6.07) is 15.7. The smallest absolute Gasteiger partial charge is 0.0586 e. The number of rotatable bonds is 5. The third-order valence-corrected chi connectivity index (χ3v) is 5.14. The van der Waals surface area contributed by atoms with Gasteiger partial charge in [0.15, 0.2) is 0 Å². The van der Waals surface area contributed by atoms with Crippen LogP contribution < -0.4 is 5.32 Å². The third-order valence-electron chi connectivity index (χ3n) is 4.00. The van der Waals surface area contributed by atoms with Crippen LogP contribution in [0.25, 0.3) is 10.4 Å². The number of nitrogens with one attached hydrogen (secondary N) is 1. The lowest BCUT2D eigenvalue weighted by molar-refractivity contribution is 0.107. The van der Waals surface area contributed by atoms with Gasteiger partial charge < -0.3 is 10.1 Å². The zero-order valence-corrected chi connectivity index (χ0v) is 12.7. The summed E-state index contributed by atoms with van der Waals surface area (Å²) in [7, 11) is 1.82. The SMILES string of the molecule is COC1CCC(NCc2ccc(-c3ccccc3)s2)C1. The first-order valence-corrected chi connectivity index (χ1v) is 8.07. The zero-order valence-electron chi connectivity index (χ0n) is 11.8. The van der Waals surface area contributed by atoms with Crippen LogP contribution >= 0.6 is 11.3 Å². The maximum absolute atomic E-state index is 5.42. The van der Waals surface area contributed by atoms with Crippen molar-refractivity contribution < 1.29 is 4.74 Å². The van der Waals surface area contributed by atoms with Gasteiger partial charge in [0.05, 0.1) is 6.10 Å². The number of hydrogen-bond acceptors (Lipinski definition) is 3. The van der Waals surface area contributed by atoms with Crippen molar-refractivity contribution in [2.24, 2.45) is 0 Å². The molecule has 1 fully saturated rings. The van der Waals surface area contributed by atoms with Gasteiger partial charge in [0.2, 0.25) is 0 Å². The number of thiophene rings is 1. The van der Waals surface area contributed by atoms with Crippen molar-refractivity contribution in [1.82, 2.24) is 5.32 Å². The number of methoxy groups -OCH3 is 1. The Balaban J connectivity index is 1.56. The first kappa shape index (κ1) is 13.8. The second kappa shape index (κ2) is 6.53. The molecule has 2 atom stereocenters. The predicted molar refractivity (Wildman–Crippen MR) is 85.0 cm³/mol. The van der Waals surface area contributed by atoms with Crippen LogP contribution in [-0.4, -0.2) is 19.3 Å². The molecule has 1 heterocycles. The molecule has 0 spiro atoms. The summed E-state index contributed by atoms with van der Waals surface area (Å²) in [5.41, 5.74) is 1.31. The highest BCUT2D eigenvalue weighted by molar-refractivity contribution is 7.15. The molecule has 1 aromatic heterocycles. The van der Waals surface area contributed by atoms with Crippen molar-refractivity contribution in [3.8, 4) is 10.4 Å². The van der Waals surface area contributed by atoms with Gasteiger partial charge in [0, 0.05) is 29.5 Å². The highest BCUT2D eigenvalue weighted by Crippen LogP contribution is 2.28. The summed E-state index contributed by atoms with van der Waals surface area (Å²) in [5.74, 6) is 0. The topological polar surface area (TPSA) is 21.3 Å². The van der Waals surface area contributed by atoms with Gasteiger partial charge in [-0.3, -0.25) is 0 Å². The molecule has 2 nitrogen and oxygen atoms in total. The fourth-order valence-corrected chi connectivity index (χ4v) is 3.78. The van der Waals surface area contributed by atoms with Crippen molar-refractivity contribution in [2.75, 3.05) is 7.11 Å². The summed E-state index contributed by atoms with van der Waals surface area (Å²) in [6.45, 7) is 0.971. The lowest BCUT2D eigenvalue weighted by atomic mass is 10.2. The van der Waals surface area contributed by atoms with Crippen LogP contribution in [0.1, 0.15) is 24.1 Å². The van der Waals surface area contributed by atoms with E-state index >= 15 is 0 Å². The molecular weight excluding hydrogens is 266 g/mol. The summed E-state index contributed by atoms with van der Waals surface area (Å²) in [4.78, 5) is 2.76. The summed E-state index contributed by atoms with van der Waals surface area (Å²) in [6.07, 6.45) is 4.02. The minimum Gasteiger partial charge on any atom is -0.381 e. The highest BCUT2D eigenvalue weighted by Gasteiger charge is 2.23. The van der Waals surface area contributed by atoms with Crippen molar-refractivity contribution >= 4 is 11.3 Å². The van der Waals surface area contributed by atoms with Gasteiger partial charge in [-0.25, -0.2) is 0 Å². The lowest BCUT2D eigenvalue weighted by Crippen LogP contribution is -2.26. The van der Waals surface area contributed by atoms with Crippen LogP contribution in [0.5, 0.6) is 0 Å². The average molecular weight is 287 g/mol. The van der Waals surface area contributed by atoms with Gasteiger partial charge in [-0.2, -0.15) is 0 Å². The molecule has 1 N–H and O–H groups in total. The van der Waals surface area contributed by atoms with Crippen molar-refractivity contribution in [3.63, 3.8) is 0 Å². The first-order valence-electron chi connectivity index (χ1n) is 7.25. The van der Waals surface area contributed by atoms with Crippen LogP contribution in [-0.2, 0) is 11.3 Å². The molecule has 0 bridgehead atoms. The fourth-order valence-electron chi connectivity index (χ4n) is 2.82. The maximum atomic E-state index is 5.42. The molecule has 1 aliphatic rings. The molecule has 2 aromatic rings. The molecule has 0 aliphatic heterocycles. The van der Waals surface area contributed by atoms with Gasteiger partial charge in [-0.15, -0.1) is 11.3 Å². The maximum Gasteiger partial charge on any atom is 0.0586 e. The van der Waals surface area contributed by atoms with E-state index in [1.165, 1.54) is 28.2 Å². The number of hydrogen-bond donors (Lipinski definition) is 1. The summed E-state index contributed by atoms with van der Waals surface area (Å²) in [5, 5.41) is 3.66. The van der Waals surface area contributed by atoms with E-state index in [0.717, 1.165) is 13.0 Å². The van der Waals surface area contributed by atoms with Crippen LogP contribution in [0.2, 0.25) is 0 Å². The molecule has 1 aromatic carbocycles. The fraction of sp³-hybridized carbons (Fsp3) is 0.412. The van der Waals surface area contributed by atoms with Crippen LogP contribution in [0.4, 0.5) is 0 Å². The Morgan fingerprint density at radius 1 is 1.15 bits per heavy atom. The zero-order chi connectivity index (χ0) is 13.8. The van der Waals surface area contributed by atoms with E-state index in [9.17, 15) is 0 Å². The van der Waals surface area contributed by atoms with E-state index in [4.69, 9.17) is 4.74 Å². The summed E-state index contributed by atoms with van der Waals surface area (Å²) >= 11 is 1.88. The Bertz CT molecular complexity index is 537. The van der Waals surface area contributed by atoms with Crippen LogP contribution in [0.15, 0.2) is 42.5 Å². The molecule has 106 valence electrons. The van der Waals surface area contributed by atoms with Crippen molar-refractivity contribution in [1.29, 1.82) is 0 Å². The normalized spacial score (nSPS) is 22.2. The lowest BCUT2D eigenvalue weighted by Gasteiger charge is -2.11. The Hall–Kier alpha value is -1.16. The quantitative estimate of drug-likeness (QED) is 0.895.